The quantitative estimate of drug-likeness (QED) is 0.467. The summed E-state index contributed by atoms with van der Waals surface area (Å²) in [7, 11) is 0. The monoisotopic (exact) mass is 243 g/mol. The van der Waals surface area contributed by atoms with E-state index < -0.39 is 11.9 Å². The minimum atomic E-state index is -0.895. The van der Waals surface area contributed by atoms with Gasteiger partial charge in [0.1, 0.15) is 0 Å². The summed E-state index contributed by atoms with van der Waals surface area (Å²) in [5.74, 6) is -1.42. The topological polar surface area (TPSA) is 122 Å². The first-order valence-corrected chi connectivity index (χ1v) is 5.52. The largest absolute Gasteiger partial charge is 0.481 e. The standard InChI is InChI=1S/C5H10N2O.C5H7NO3/c6-3-4-1-2-5(8)7-4;7-4-1-3(2-6-4)5(8)9/h4H,1-3,6H2,(H,7,8);3H,1-2H2,(H,6,7)(H,8,9). The average Bonchev–Trinajstić information content (AvgIpc) is 2.88. The van der Waals surface area contributed by atoms with E-state index in [1.807, 2.05) is 0 Å². The minimum absolute atomic E-state index is 0.134. The molecule has 96 valence electrons. The molecule has 0 radical (unpaired) electrons. The van der Waals surface area contributed by atoms with Crippen LogP contribution in [0.4, 0.5) is 0 Å². The number of aliphatic carboxylic acids is 1. The van der Waals surface area contributed by atoms with Crippen molar-refractivity contribution in [2.24, 2.45) is 11.7 Å². The summed E-state index contributed by atoms with van der Waals surface area (Å²) in [6, 6.07) is 0.252. The normalized spacial score (nSPS) is 26.9. The average molecular weight is 243 g/mol. The van der Waals surface area contributed by atoms with Crippen molar-refractivity contribution in [3.05, 3.63) is 0 Å². The first-order chi connectivity index (χ1) is 8.02. The van der Waals surface area contributed by atoms with Crippen LogP contribution in [-0.2, 0) is 14.4 Å². The van der Waals surface area contributed by atoms with Crippen LogP contribution in [0.2, 0.25) is 0 Å². The van der Waals surface area contributed by atoms with Crippen LogP contribution in [0.15, 0.2) is 0 Å². The van der Waals surface area contributed by atoms with E-state index >= 15 is 0 Å². The van der Waals surface area contributed by atoms with Crippen molar-refractivity contribution in [1.82, 2.24) is 10.6 Å². The number of hydrogen-bond acceptors (Lipinski definition) is 4. The molecule has 2 fully saturated rings. The van der Waals surface area contributed by atoms with Crippen LogP contribution in [0.5, 0.6) is 0 Å². The highest BCUT2D eigenvalue weighted by atomic mass is 16.4. The molecule has 0 aromatic rings. The molecular formula is C10H17N3O4. The third kappa shape index (κ3) is 4.39. The summed E-state index contributed by atoms with van der Waals surface area (Å²) in [4.78, 5) is 31.0. The molecule has 7 heteroatoms. The lowest BCUT2D eigenvalue weighted by molar-refractivity contribution is -0.141. The molecule has 2 amide bonds. The zero-order chi connectivity index (χ0) is 12.8. The van der Waals surface area contributed by atoms with Gasteiger partial charge in [-0.3, -0.25) is 14.4 Å². The van der Waals surface area contributed by atoms with Gasteiger partial charge in [-0.15, -0.1) is 0 Å². The molecule has 2 rings (SSSR count). The Morgan fingerprint density at radius 2 is 2.12 bits per heavy atom. The van der Waals surface area contributed by atoms with Gasteiger partial charge in [0.2, 0.25) is 11.8 Å². The summed E-state index contributed by atoms with van der Waals surface area (Å²) in [5.41, 5.74) is 5.28. The van der Waals surface area contributed by atoms with Crippen molar-refractivity contribution in [3.8, 4) is 0 Å². The molecule has 0 saturated carbocycles. The van der Waals surface area contributed by atoms with Crippen molar-refractivity contribution in [3.63, 3.8) is 0 Å². The van der Waals surface area contributed by atoms with Crippen molar-refractivity contribution >= 4 is 17.8 Å². The van der Waals surface area contributed by atoms with E-state index in [1.165, 1.54) is 0 Å². The Balaban J connectivity index is 0.000000171. The molecule has 0 aliphatic carbocycles. The van der Waals surface area contributed by atoms with Crippen LogP contribution in [0.25, 0.3) is 0 Å². The number of hydrogen-bond donors (Lipinski definition) is 4. The van der Waals surface area contributed by atoms with E-state index in [0.717, 1.165) is 6.42 Å². The molecule has 2 aliphatic heterocycles. The fraction of sp³-hybridized carbons (Fsp3) is 0.700. The van der Waals surface area contributed by atoms with Crippen molar-refractivity contribution in [2.75, 3.05) is 13.1 Å². The number of carboxylic acid groups (broad SMARTS) is 1. The summed E-state index contributed by atoms with van der Waals surface area (Å²) in [6.07, 6.45) is 1.70. The second-order valence-electron chi connectivity index (χ2n) is 4.08. The molecule has 5 N–H and O–H groups in total. The smallest absolute Gasteiger partial charge is 0.308 e. The van der Waals surface area contributed by atoms with Gasteiger partial charge in [0, 0.05) is 32.0 Å². The summed E-state index contributed by atoms with van der Waals surface area (Å²) in [5, 5.41) is 13.5. The van der Waals surface area contributed by atoms with E-state index in [9.17, 15) is 14.4 Å². The van der Waals surface area contributed by atoms with Gasteiger partial charge < -0.3 is 21.5 Å². The van der Waals surface area contributed by atoms with Crippen LogP contribution >= 0.6 is 0 Å². The van der Waals surface area contributed by atoms with E-state index in [4.69, 9.17) is 10.8 Å². The highest BCUT2D eigenvalue weighted by molar-refractivity contribution is 5.85. The second-order valence-corrected chi connectivity index (χ2v) is 4.08. The molecule has 0 aromatic heterocycles. The fourth-order valence-corrected chi connectivity index (χ4v) is 1.63. The number of carboxylic acids is 1. The lowest BCUT2D eigenvalue weighted by Crippen LogP contribution is -2.32. The Morgan fingerprint density at radius 3 is 2.35 bits per heavy atom. The highest BCUT2D eigenvalue weighted by Crippen LogP contribution is 2.07. The first-order valence-electron chi connectivity index (χ1n) is 5.52. The maximum atomic E-state index is 10.4. The number of rotatable bonds is 2. The predicted molar refractivity (Wildman–Crippen MR) is 59.0 cm³/mol. The molecule has 2 heterocycles. The molecule has 0 aromatic carbocycles. The maximum Gasteiger partial charge on any atom is 0.308 e. The number of carbonyl (C=O) groups excluding carboxylic acids is 2. The Hall–Kier alpha value is -1.63. The van der Waals surface area contributed by atoms with Gasteiger partial charge in [0.05, 0.1) is 5.92 Å². The lowest BCUT2D eigenvalue weighted by atomic mass is 10.1. The Kier molecular flexibility index (Phi) is 4.89. The molecule has 7 nitrogen and oxygen atoms in total. The second kappa shape index (κ2) is 6.19. The van der Waals surface area contributed by atoms with Crippen LogP contribution in [0.3, 0.4) is 0 Å². The molecule has 2 saturated heterocycles. The van der Waals surface area contributed by atoms with Gasteiger partial charge in [-0.2, -0.15) is 0 Å². The molecule has 17 heavy (non-hydrogen) atoms. The van der Waals surface area contributed by atoms with Gasteiger partial charge >= 0.3 is 5.97 Å². The van der Waals surface area contributed by atoms with Crippen LogP contribution in [0.1, 0.15) is 19.3 Å². The highest BCUT2D eigenvalue weighted by Gasteiger charge is 2.26. The first kappa shape index (κ1) is 13.4. The lowest BCUT2D eigenvalue weighted by Gasteiger charge is -2.02. The third-order valence-corrected chi connectivity index (χ3v) is 2.70. The minimum Gasteiger partial charge on any atom is -0.481 e. The van der Waals surface area contributed by atoms with Crippen molar-refractivity contribution < 1.29 is 19.5 Å². The summed E-state index contributed by atoms with van der Waals surface area (Å²) >= 11 is 0. The van der Waals surface area contributed by atoms with E-state index in [-0.39, 0.29) is 30.8 Å². The fourth-order valence-electron chi connectivity index (χ4n) is 1.63. The number of amides is 2. The van der Waals surface area contributed by atoms with Crippen molar-refractivity contribution in [1.29, 1.82) is 0 Å². The summed E-state index contributed by atoms with van der Waals surface area (Å²) in [6.45, 7) is 0.861. The molecule has 0 spiro atoms. The Labute approximate surface area is 98.7 Å². The van der Waals surface area contributed by atoms with Crippen molar-refractivity contribution in [2.45, 2.75) is 25.3 Å². The molecule has 2 aliphatic rings. The van der Waals surface area contributed by atoms with Crippen LogP contribution in [0, 0.1) is 5.92 Å². The van der Waals surface area contributed by atoms with Gasteiger partial charge in [-0.1, -0.05) is 0 Å². The zero-order valence-corrected chi connectivity index (χ0v) is 9.44. The van der Waals surface area contributed by atoms with Gasteiger partial charge in [0.25, 0.3) is 0 Å². The van der Waals surface area contributed by atoms with E-state index in [1.54, 1.807) is 0 Å². The van der Waals surface area contributed by atoms with Crippen LogP contribution < -0.4 is 16.4 Å². The molecule has 2 unspecified atom stereocenters. The van der Waals surface area contributed by atoms with Gasteiger partial charge in [-0.25, -0.2) is 0 Å². The summed E-state index contributed by atoms with van der Waals surface area (Å²) < 4.78 is 0. The number of carbonyl (C=O) groups is 3. The van der Waals surface area contributed by atoms with E-state index in [2.05, 4.69) is 10.6 Å². The third-order valence-electron chi connectivity index (χ3n) is 2.70. The zero-order valence-electron chi connectivity index (χ0n) is 9.44. The Morgan fingerprint density at radius 1 is 1.41 bits per heavy atom. The maximum absolute atomic E-state index is 10.4. The predicted octanol–water partition coefficient (Wildman–Crippen LogP) is -1.57. The van der Waals surface area contributed by atoms with Gasteiger partial charge in [0.15, 0.2) is 0 Å². The molecular weight excluding hydrogens is 226 g/mol. The van der Waals surface area contributed by atoms with Gasteiger partial charge in [-0.05, 0) is 6.42 Å². The SMILES string of the molecule is NCC1CCC(=O)N1.O=C1CC(C(=O)O)CN1. The Bertz CT molecular complexity index is 319. The van der Waals surface area contributed by atoms with Crippen LogP contribution in [-0.4, -0.2) is 42.0 Å². The molecule has 0 bridgehead atoms. The number of nitrogens with two attached hydrogens (primary N) is 1. The molecule has 2 atom stereocenters. The van der Waals surface area contributed by atoms with E-state index in [0.29, 0.717) is 13.0 Å². The number of nitrogens with one attached hydrogen (secondary N) is 2.